The Morgan fingerprint density at radius 3 is 2.56 bits per heavy atom. The third-order valence-electron chi connectivity index (χ3n) is 2.73. The number of hydrogen-bond acceptors (Lipinski definition) is 2. The Labute approximate surface area is 98.3 Å². The van der Waals surface area contributed by atoms with Crippen molar-refractivity contribution in [2.45, 2.75) is 6.92 Å². The van der Waals surface area contributed by atoms with E-state index in [1.165, 1.54) is 5.56 Å². The van der Waals surface area contributed by atoms with Crippen molar-refractivity contribution in [1.29, 1.82) is 0 Å². The molecule has 1 nitrogen and oxygen atoms in total. The van der Waals surface area contributed by atoms with E-state index in [9.17, 15) is 0 Å². The van der Waals surface area contributed by atoms with E-state index in [1.807, 2.05) is 43.3 Å². The number of benzene rings is 2. The molecule has 3 rings (SSSR count). The van der Waals surface area contributed by atoms with Crippen molar-refractivity contribution in [2.75, 3.05) is 0 Å². The molecule has 3 aromatic rings. The Kier molecular flexibility index (Phi) is 2.04. The van der Waals surface area contributed by atoms with Crippen molar-refractivity contribution in [3.05, 3.63) is 52.5 Å². The molecule has 0 saturated heterocycles. The Morgan fingerprint density at radius 2 is 1.69 bits per heavy atom. The minimum absolute atomic E-state index is 0.852. The standard InChI is InChI=1S/C14H10OS/c1-9-6-7-11-13(8-9)15-12-5-3-2-4-10(12)14(11)16/h2-8H,1H3. The van der Waals surface area contributed by atoms with Crippen LogP contribution in [-0.4, -0.2) is 0 Å². The first kappa shape index (κ1) is 9.55. The van der Waals surface area contributed by atoms with Crippen molar-refractivity contribution in [2.24, 2.45) is 0 Å². The maximum atomic E-state index is 5.84. The van der Waals surface area contributed by atoms with Gasteiger partial charge in [-0.15, -0.1) is 0 Å². The summed E-state index contributed by atoms with van der Waals surface area (Å²) in [6.45, 7) is 2.05. The molecule has 0 spiro atoms. The van der Waals surface area contributed by atoms with E-state index in [2.05, 4.69) is 6.07 Å². The van der Waals surface area contributed by atoms with E-state index in [0.717, 1.165) is 26.4 Å². The van der Waals surface area contributed by atoms with Crippen molar-refractivity contribution in [1.82, 2.24) is 0 Å². The average Bonchev–Trinajstić information content (AvgIpc) is 2.29. The van der Waals surface area contributed by atoms with Gasteiger partial charge in [0, 0.05) is 10.8 Å². The van der Waals surface area contributed by atoms with Gasteiger partial charge in [-0.05, 0) is 36.8 Å². The summed E-state index contributed by atoms with van der Waals surface area (Å²) in [6, 6.07) is 14.0. The molecule has 1 heterocycles. The molecule has 0 bridgehead atoms. The quantitative estimate of drug-likeness (QED) is 0.409. The fraction of sp³-hybridized carbons (Fsp3) is 0.0714. The number of rotatable bonds is 0. The van der Waals surface area contributed by atoms with E-state index in [4.69, 9.17) is 16.6 Å². The molecule has 16 heavy (non-hydrogen) atoms. The second kappa shape index (κ2) is 3.42. The summed E-state index contributed by atoms with van der Waals surface area (Å²) >= 11 is 5.48. The van der Waals surface area contributed by atoms with Gasteiger partial charge in [0.15, 0.2) is 0 Å². The third kappa shape index (κ3) is 1.34. The number of hydrogen-bond donors (Lipinski definition) is 0. The number of fused-ring (bicyclic) bond motifs is 2. The summed E-state index contributed by atoms with van der Waals surface area (Å²) in [5.41, 5.74) is 2.90. The zero-order valence-corrected chi connectivity index (χ0v) is 9.67. The highest BCUT2D eigenvalue weighted by Crippen LogP contribution is 2.25. The van der Waals surface area contributed by atoms with Crippen molar-refractivity contribution in [3.8, 4) is 0 Å². The van der Waals surface area contributed by atoms with Crippen LogP contribution in [0.1, 0.15) is 5.56 Å². The molecule has 78 valence electrons. The molecule has 0 fully saturated rings. The second-order valence-corrected chi connectivity index (χ2v) is 4.34. The molecule has 0 unspecified atom stereocenters. The first-order valence-electron chi connectivity index (χ1n) is 5.18. The predicted molar refractivity (Wildman–Crippen MR) is 69.3 cm³/mol. The molecule has 0 aliphatic heterocycles. The highest BCUT2D eigenvalue weighted by Gasteiger charge is 2.03. The van der Waals surface area contributed by atoms with Crippen LogP contribution in [0.2, 0.25) is 0 Å². The Hall–Kier alpha value is -1.67. The zero-order chi connectivity index (χ0) is 11.1. The van der Waals surface area contributed by atoms with Crippen LogP contribution in [0.25, 0.3) is 21.9 Å². The van der Waals surface area contributed by atoms with Crippen molar-refractivity contribution in [3.63, 3.8) is 0 Å². The van der Waals surface area contributed by atoms with E-state index >= 15 is 0 Å². The second-order valence-electron chi connectivity index (χ2n) is 3.93. The molecule has 2 heteroatoms. The molecule has 0 saturated carbocycles. The molecule has 2 aromatic carbocycles. The average molecular weight is 226 g/mol. The smallest absolute Gasteiger partial charge is 0.136 e. The number of aryl methyl sites for hydroxylation is 1. The van der Waals surface area contributed by atoms with E-state index in [-0.39, 0.29) is 0 Å². The minimum Gasteiger partial charge on any atom is -0.456 e. The fourth-order valence-corrected chi connectivity index (χ4v) is 2.25. The summed E-state index contributed by atoms with van der Waals surface area (Å²) in [4.78, 5) is 0. The normalized spacial score (nSPS) is 11.1. The SMILES string of the molecule is Cc1ccc2c(=S)c3ccccc3oc2c1. The summed E-state index contributed by atoms with van der Waals surface area (Å²) in [5, 5.41) is 2.02. The molecule has 0 aliphatic carbocycles. The lowest BCUT2D eigenvalue weighted by atomic mass is 10.1. The highest BCUT2D eigenvalue weighted by atomic mass is 32.1. The van der Waals surface area contributed by atoms with Crippen molar-refractivity contribution < 1.29 is 4.42 Å². The minimum atomic E-state index is 0.852. The van der Waals surface area contributed by atoms with Crippen LogP contribution < -0.4 is 0 Å². The molecular formula is C14H10OS. The molecule has 0 N–H and O–H groups in total. The van der Waals surface area contributed by atoms with Gasteiger partial charge in [0.05, 0.1) is 4.51 Å². The van der Waals surface area contributed by atoms with Gasteiger partial charge in [0.1, 0.15) is 11.2 Å². The maximum Gasteiger partial charge on any atom is 0.136 e. The predicted octanol–water partition coefficient (Wildman–Crippen LogP) is 4.62. The lowest BCUT2D eigenvalue weighted by molar-refractivity contribution is 0.660. The van der Waals surface area contributed by atoms with Crippen LogP contribution in [0.4, 0.5) is 0 Å². The van der Waals surface area contributed by atoms with E-state index < -0.39 is 0 Å². The maximum absolute atomic E-state index is 5.84. The molecule has 0 amide bonds. The lowest BCUT2D eigenvalue weighted by Crippen LogP contribution is -1.80. The van der Waals surface area contributed by atoms with Crippen molar-refractivity contribution >= 4 is 34.2 Å². The van der Waals surface area contributed by atoms with E-state index in [1.54, 1.807) is 0 Å². The first-order valence-corrected chi connectivity index (χ1v) is 5.59. The monoisotopic (exact) mass is 226 g/mol. The van der Waals surface area contributed by atoms with Crippen LogP contribution in [0.3, 0.4) is 0 Å². The summed E-state index contributed by atoms with van der Waals surface area (Å²) in [6.07, 6.45) is 0. The molecule has 0 atom stereocenters. The Balaban J connectivity index is 2.61. The van der Waals surface area contributed by atoms with Crippen LogP contribution >= 0.6 is 12.2 Å². The fourth-order valence-electron chi connectivity index (χ4n) is 1.91. The van der Waals surface area contributed by atoms with Gasteiger partial charge in [-0.1, -0.05) is 30.4 Å². The molecular weight excluding hydrogens is 216 g/mol. The van der Waals surface area contributed by atoms with Gasteiger partial charge in [-0.2, -0.15) is 0 Å². The lowest BCUT2D eigenvalue weighted by Gasteiger charge is -2.03. The van der Waals surface area contributed by atoms with Gasteiger partial charge in [-0.25, -0.2) is 0 Å². The van der Waals surface area contributed by atoms with Gasteiger partial charge < -0.3 is 4.42 Å². The van der Waals surface area contributed by atoms with Crippen LogP contribution in [0.15, 0.2) is 46.9 Å². The first-order chi connectivity index (χ1) is 7.75. The third-order valence-corrected chi connectivity index (χ3v) is 3.17. The Morgan fingerprint density at radius 1 is 0.938 bits per heavy atom. The molecule has 0 aliphatic rings. The molecule has 1 aromatic heterocycles. The van der Waals surface area contributed by atoms with Crippen LogP contribution in [0, 0.1) is 11.4 Å². The summed E-state index contributed by atoms with van der Waals surface area (Å²) in [7, 11) is 0. The largest absolute Gasteiger partial charge is 0.456 e. The summed E-state index contributed by atoms with van der Waals surface area (Å²) < 4.78 is 6.71. The van der Waals surface area contributed by atoms with Gasteiger partial charge in [-0.3, -0.25) is 0 Å². The topological polar surface area (TPSA) is 13.1 Å². The zero-order valence-electron chi connectivity index (χ0n) is 8.86. The van der Waals surface area contributed by atoms with Crippen LogP contribution in [-0.2, 0) is 0 Å². The Bertz CT molecular complexity index is 740. The number of para-hydroxylation sites is 1. The van der Waals surface area contributed by atoms with E-state index in [0.29, 0.717) is 0 Å². The molecule has 0 radical (unpaired) electrons. The summed E-state index contributed by atoms with van der Waals surface area (Å²) in [5.74, 6) is 0. The van der Waals surface area contributed by atoms with Gasteiger partial charge in [0.25, 0.3) is 0 Å². The van der Waals surface area contributed by atoms with Crippen LogP contribution in [0.5, 0.6) is 0 Å². The highest BCUT2D eigenvalue weighted by molar-refractivity contribution is 7.72. The van der Waals surface area contributed by atoms with Gasteiger partial charge in [0.2, 0.25) is 0 Å². The van der Waals surface area contributed by atoms with Gasteiger partial charge >= 0.3 is 0 Å².